The van der Waals surface area contributed by atoms with Crippen LogP contribution >= 0.6 is 0 Å². The lowest BCUT2D eigenvalue weighted by Crippen LogP contribution is -2.15. The van der Waals surface area contributed by atoms with Crippen LogP contribution in [0.5, 0.6) is 5.75 Å². The lowest BCUT2D eigenvalue weighted by molar-refractivity contribution is 0.383. The van der Waals surface area contributed by atoms with E-state index < -0.39 is 0 Å². The van der Waals surface area contributed by atoms with Crippen LogP contribution in [0.25, 0.3) is 0 Å². The van der Waals surface area contributed by atoms with Crippen molar-refractivity contribution in [3.8, 4) is 5.75 Å². The van der Waals surface area contributed by atoms with Gasteiger partial charge in [-0.3, -0.25) is 0 Å². The summed E-state index contributed by atoms with van der Waals surface area (Å²) in [6, 6.07) is 5.73. The first kappa shape index (κ1) is 13.1. The molecule has 1 aromatic heterocycles. The molecular weight excluding hydrogens is 259 g/mol. The Morgan fingerprint density at radius 3 is 3.05 bits per heavy atom. The molecule has 0 aliphatic heterocycles. The van der Waals surface area contributed by atoms with E-state index in [4.69, 9.17) is 4.74 Å². The normalized spacial score (nSPS) is 14.5. The van der Waals surface area contributed by atoms with Crippen LogP contribution in [-0.4, -0.2) is 28.1 Å². The van der Waals surface area contributed by atoms with Crippen LogP contribution in [0.2, 0.25) is 0 Å². The molecule has 0 atom stereocenters. The van der Waals surface area contributed by atoms with Crippen molar-refractivity contribution in [3.05, 3.63) is 41.5 Å². The molecule has 1 fully saturated rings. The minimum Gasteiger partial charge on any atom is -0.494 e. The van der Waals surface area contributed by atoms with Gasteiger partial charge in [-0.25, -0.2) is 9.07 Å². The molecule has 3 rings (SSSR count). The van der Waals surface area contributed by atoms with Crippen LogP contribution in [0, 0.1) is 5.82 Å². The van der Waals surface area contributed by atoms with E-state index in [1.807, 2.05) is 6.20 Å². The van der Waals surface area contributed by atoms with Gasteiger partial charge in [0, 0.05) is 18.2 Å². The van der Waals surface area contributed by atoms with E-state index in [0.717, 1.165) is 5.69 Å². The lowest BCUT2D eigenvalue weighted by atomic mass is 10.2. The molecule has 1 aliphatic rings. The minimum atomic E-state index is -0.344. The second-order valence-corrected chi connectivity index (χ2v) is 5.00. The Hall–Kier alpha value is -1.95. The number of benzene rings is 1. The van der Waals surface area contributed by atoms with Gasteiger partial charge in [0.25, 0.3) is 0 Å². The van der Waals surface area contributed by atoms with Gasteiger partial charge in [0.1, 0.15) is 0 Å². The van der Waals surface area contributed by atoms with Crippen LogP contribution in [-0.2, 0) is 13.1 Å². The van der Waals surface area contributed by atoms with E-state index >= 15 is 0 Å². The summed E-state index contributed by atoms with van der Waals surface area (Å²) in [5, 5.41) is 11.5. The second-order valence-electron chi connectivity index (χ2n) is 5.00. The predicted octanol–water partition coefficient (Wildman–Crippen LogP) is 1.73. The van der Waals surface area contributed by atoms with Crippen molar-refractivity contribution in [2.45, 2.75) is 32.0 Å². The third-order valence-corrected chi connectivity index (χ3v) is 3.33. The fourth-order valence-electron chi connectivity index (χ4n) is 2.04. The Labute approximate surface area is 116 Å². The molecule has 0 unspecified atom stereocenters. The first-order valence-electron chi connectivity index (χ1n) is 6.70. The molecule has 1 saturated carbocycles. The summed E-state index contributed by atoms with van der Waals surface area (Å²) in [5.74, 6) is -0.0959. The molecule has 2 aromatic rings. The van der Waals surface area contributed by atoms with Gasteiger partial charge in [-0.2, -0.15) is 0 Å². The number of nitrogens with one attached hydrogen (secondary N) is 1. The zero-order valence-corrected chi connectivity index (χ0v) is 11.3. The van der Waals surface area contributed by atoms with E-state index in [9.17, 15) is 4.39 Å². The molecule has 0 saturated heterocycles. The van der Waals surface area contributed by atoms with E-state index in [1.54, 1.807) is 22.9 Å². The van der Waals surface area contributed by atoms with Gasteiger partial charge in [0.15, 0.2) is 11.6 Å². The fraction of sp³-hybridized carbons (Fsp3) is 0.429. The van der Waals surface area contributed by atoms with E-state index in [0.29, 0.717) is 24.7 Å². The van der Waals surface area contributed by atoms with Crippen LogP contribution in [0.3, 0.4) is 0 Å². The van der Waals surface area contributed by atoms with Crippen LogP contribution in [0.4, 0.5) is 4.39 Å². The van der Waals surface area contributed by atoms with E-state index in [2.05, 4.69) is 15.6 Å². The monoisotopic (exact) mass is 276 g/mol. The van der Waals surface area contributed by atoms with Crippen molar-refractivity contribution < 1.29 is 9.13 Å². The molecule has 1 aromatic carbocycles. The average molecular weight is 276 g/mol. The van der Waals surface area contributed by atoms with Crippen molar-refractivity contribution in [2.24, 2.45) is 0 Å². The zero-order chi connectivity index (χ0) is 13.9. The maximum absolute atomic E-state index is 14.0. The minimum absolute atomic E-state index is 0.248. The van der Waals surface area contributed by atoms with Gasteiger partial charge in [0.2, 0.25) is 0 Å². The predicted molar refractivity (Wildman–Crippen MR) is 71.9 cm³/mol. The van der Waals surface area contributed by atoms with Gasteiger partial charge in [-0.05, 0) is 18.9 Å². The highest BCUT2D eigenvalue weighted by atomic mass is 19.1. The molecule has 0 spiro atoms. The highest BCUT2D eigenvalue weighted by molar-refractivity contribution is 5.31. The summed E-state index contributed by atoms with van der Waals surface area (Å²) in [6.45, 7) is 1.06. The molecule has 1 heterocycles. The maximum atomic E-state index is 14.0. The Morgan fingerprint density at radius 2 is 2.30 bits per heavy atom. The Bertz CT molecular complexity index is 595. The Kier molecular flexibility index (Phi) is 3.64. The first-order valence-corrected chi connectivity index (χ1v) is 6.70. The molecule has 6 heteroatoms. The molecular formula is C14H17FN4O. The fourth-order valence-corrected chi connectivity index (χ4v) is 2.04. The molecule has 1 N–H and O–H groups in total. The summed E-state index contributed by atoms with van der Waals surface area (Å²) in [7, 11) is 1.46. The average Bonchev–Trinajstić information content (AvgIpc) is 3.19. The number of hydrogen-bond acceptors (Lipinski definition) is 4. The number of methoxy groups -OCH3 is 1. The van der Waals surface area contributed by atoms with Crippen molar-refractivity contribution in [2.75, 3.05) is 7.11 Å². The topological polar surface area (TPSA) is 52.0 Å². The van der Waals surface area contributed by atoms with Crippen molar-refractivity contribution in [1.29, 1.82) is 0 Å². The molecule has 106 valence electrons. The number of ether oxygens (including phenoxy) is 1. The molecule has 0 amide bonds. The number of nitrogens with zero attached hydrogens (tertiary/aromatic N) is 3. The van der Waals surface area contributed by atoms with Crippen LogP contribution in [0.15, 0.2) is 24.4 Å². The number of aromatic nitrogens is 3. The van der Waals surface area contributed by atoms with Crippen LogP contribution < -0.4 is 10.1 Å². The zero-order valence-electron chi connectivity index (χ0n) is 11.3. The number of halogens is 1. The summed E-state index contributed by atoms with van der Waals surface area (Å²) < 4.78 is 20.6. The van der Waals surface area contributed by atoms with Gasteiger partial charge in [0.05, 0.1) is 25.5 Å². The van der Waals surface area contributed by atoms with Gasteiger partial charge >= 0.3 is 0 Å². The van der Waals surface area contributed by atoms with Gasteiger partial charge in [-0.1, -0.05) is 17.3 Å². The molecule has 0 bridgehead atoms. The van der Waals surface area contributed by atoms with Crippen LogP contribution in [0.1, 0.15) is 24.1 Å². The third kappa shape index (κ3) is 2.96. The maximum Gasteiger partial charge on any atom is 0.170 e. The molecule has 20 heavy (non-hydrogen) atoms. The summed E-state index contributed by atoms with van der Waals surface area (Å²) in [6.07, 6.45) is 4.32. The summed E-state index contributed by atoms with van der Waals surface area (Å²) >= 11 is 0. The van der Waals surface area contributed by atoms with Gasteiger partial charge < -0.3 is 10.1 Å². The summed E-state index contributed by atoms with van der Waals surface area (Å²) in [5.41, 5.74) is 1.41. The largest absolute Gasteiger partial charge is 0.494 e. The smallest absolute Gasteiger partial charge is 0.170 e. The second kappa shape index (κ2) is 5.58. The standard InChI is InChI=1S/C14H17FN4O/c1-20-13-4-2-3-10(14(13)15)8-19-9-12(17-18-19)7-16-11-5-6-11/h2-4,9,11,16H,5-8H2,1H3. The molecule has 5 nitrogen and oxygen atoms in total. The molecule has 0 radical (unpaired) electrons. The first-order chi connectivity index (χ1) is 9.76. The Morgan fingerprint density at radius 1 is 1.45 bits per heavy atom. The van der Waals surface area contributed by atoms with Crippen molar-refractivity contribution in [3.63, 3.8) is 0 Å². The number of hydrogen-bond donors (Lipinski definition) is 1. The summed E-state index contributed by atoms with van der Waals surface area (Å²) in [4.78, 5) is 0. The number of rotatable bonds is 6. The van der Waals surface area contributed by atoms with E-state index in [1.165, 1.54) is 20.0 Å². The highest BCUT2D eigenvalue weighted by Gasteiger charge is 2.20. The van der Waals surface area contributed by atoms with Crippen molar-refractivity contribution >= 4 is 0 Å². The quantitative estimate of drug-likeness (QED) is 0.873. The third-order valence-electron chi connectivity index (χ3n) is 3.33. The van der Waals surface area contributed by atoms with E-state index in [-0.39, 0.29) is 11.6 Å². The Balaban J connectivity index is 1.67. The lowest BCUT2D eigenvalue weighted by Gasteiger charge is -2.06. The SMILES string of the molecule is COc1cccc(Cn2cc(CNC3CC3)nn2)c1F. The molecule has 1 aliphatic carbocycles. The van der Waals surface area contributed by atoms with Crippen molar-refractivity contribution in [1.82, 2.24) is 20.3 Å². The van der Waals surface area contributed by atoms with Gasteiger partial charge in [-0.15, -0.1) is 5.10 Å². The highest BCUT2D eigenvalue weighted by Crippen LogP contribution is 2.21.